The van der Waals surface area contributed by atoms with Crippen LogP contribution in [0.4, 0.5) is 41.6 Å². The van der Waals surface area contributed by atoms with Crippen molar-refractivity contribution in [2.45, 2.75) is 6.18 Å². The van der Waals surface area contributed by atoms with E-state index in [9.17, 15) is 13.2 Å². The molecule has 0 aliphatic rings. The van der Waals surface area contributed by atoms with Gasteiger partial charge in [-0.15, -0.1) is 5.11 Å². The van der Waals surface area contributed by atoms with Gasteiger partial charge in [-0.3, -0.25) is 4.99 Å². The van der Waals surface area contributed by atoms with E-state index in [-0.39, 0.29) is 0 Å². The van der Waals surface area contributed by atoms with Gasteiger partial charge in [0.15, 0.2) is 0 Å². The lowest BCUT2D eigenvalue weighted by Gasteiger charge is -2.05. The van der Waals surface area contributed by atoms with Crippen molar-refractivity contribution in [3.05, 3.63) is 126 Å². The fourth-order valence-corrected chi connectivity index (χ4v) is 3.78. The lowest BCUT2D eigenvalue weighted by Crippen LogP contribution is -2.03. The molecule has 0 aliphatic heterocycles. The monoisotopic (exact) mass is 532 g/mol. The molecule has 0 bridgehead atoms. The van der Waals surface area contributed by atoms with E-state index in [1.807, 2.05) is 48.5 Å². The molecule has 0 heterocycles. The zero-order valence-electron chi connectivity index (χ0n) is 20.8. The molecule has 0 fully saturated rings. The van der Waals surface area contributed by atoms with Crippen LogP contribution in [-0.4, -0.2) is 6.21 Å². The Morgan fingerprint density at radius 2 is 1.07 bits per heavy atom. The summed E-state index contributed by atoms with van der Waals surface area (Å²) in [5.41, 5.74) is 3.63. The average molecular weight is 533 g/mol. The van der Waals surface area contributed by atoms with Crippen molar-refractivity contribution in [2.24, 2.45) is 25.4 Å². The van der Waals surface area contributed by atoms with Gasteiger partial charge in [0, 0.05) is 17.0 Å². The Labute approximate surface area is 227 Å². The van der Waals surface area contributed by atoms with Crippen LogP contribution >= 0.6 is 0 Å². The number of benzene rings is 5. The fraction of sp³-hybridized carbons (Fsp3) is 0.0323. The minimum Gasteiger partial charge on any atom is -0.256 e. The van der Waals surface area contributed by atoms with Crippen LogP contribution in [0.15, 0.2) is 135 Å². The van der Waals surface area contributed by atoms with E-state index in [0.29, 0.717) is 28.3 Å². The first-order chi connectivity index (χ1) is 19.4. The first-order valence-corrected chi connectivity index (χ1v) is 12.1. The Bertz CT molecular complexity index is 1760. The van der Waals surface area contributed by atoms with Gasteiger partial charge in [-0.05, 0) is 78.4 Å². The Balaban J connectivity index is 1.30. The highest BCUT2D eigenvalue weighted by atomic mass is 19.4. The average Bonchev–Trinajstić information content (AvgIpc) is 2.98. The molecular formula is C31H19F3N6. The van der Waals surface area contributed by atoms with Crippen LogP contribution in [0.25, 0.3) is 10.8 Å². The molecule has 0 spiro atoms. The Morgan fingerprint density at radius 1 is 0.575 bits per heavy atom. The summed E-state index contributed by atoms with van der Waals surface area (Å²) in [5, 5.41) is 27.6. The highest BCUT2D eigenvalue weighted by molar-refractivity contribution is 6.01. The second-order valence-electron chi connectivity index (χ2n) is 8.60. The Morgan fingerprint density at radius 3 is 1.62 bits per heavy atom. The number of azo groups is 2. The summed E-state index contributed by atoms with van der Waals surface area (Å²) in [5.74, 6) is 0. The third-order valence-corrected chi connectivity index (χ3v) is 5.87. The summed E-state index contributed by atoms with van der Waals surface area (Å²) in [4.78, 5) is 4.63. The molecule has 0 saturated heterocycles. The van der Waals surface area contributed by atoms with Crippen LogP contribution in [0.5, 0.6) is 0 Å². The first-order valence-electron chi connectivity index (χ1n) is 12.1. The summed E-state index contributed by atoms with van der Waals surface area (Å²) in [6, 6.07) is 32.1. The van der Waals surface area contributed by atoms with Crippen LogP contribution < -0.4 is 0 Å². The van der Waals surface area contributed by atoms with Crippen LogP contribution in [-0.2, 0) is 6.18 Å². The molecule has 5 aromatic carbocycles. The summed E-state index contributed by atoms with van der Waals surface area (Å²) in [6.07, 6.45) is -2.64. The van der Waals surface area contributed by atoms with Crippen molar-refractivity contribution in [2.75, 3.05) is 0 Å². The quantitative estimate of drug-likeness (QED) is 0.158. The van der Waals surface area contributed by atoms with E-state index in [0.717, 1.165) is 34.2 Å². The van der Waals surface area contributed by atoms with E-state index >= 15 is 0 Å². The van der Waals surface area contributed by atoms with Gasteiger partial charge in [-0.1, -0.05) is 36.4 Å². The molecule has 194 valence electrons. The summed E-state index contributed by atoms with van der Waals surface area (Å²) >= 11 is 0. The number of halogens is 3. The summed E-state index contributed by atoms with van der Waals surface area (Å²) in [6.45, 7) is 0. The van der Waals surface area contributed by atoms with Crippen molar-refractivity contribution in [3.8, 4) is 6.07 Å². The van der Waals surface area contributed by atoms with Crippen LogP contribution in [0, 0.1) is 11.3 Å². The van der Waals surface area contributed by atoms with Crippen LogP contribution in [0.1, 0.15) is 16.7 Å². The zero-order chi connectivity index (χ0) is 28.0. The topological polar surface area (TPSA) is 85.6 Å². The van der Waals surface area contributed by atoms with Gasteiger partial charge < -0.3 is 0 Å². The van der Waals surface area contributed by atoms with Gasteiger partial charge in [-0.25, -0.2) is 0 Å². The molecule has 0 atom stereocenters. The van der Waals surface area contributed by atoms with Crippen LogP contribution in [0.3, 0.4) is 0 Å². The third kappa shape index (κ3) is 6.31. The van der Waals surface area contributed by atoms with Crippen molar-refractivity contribution in [1.82, 2.24) is 0 Å². The van der Waals surface area contributed by atoms with Gasteiger partial charge in [-0.2, -0.15) is 33.8 Å². The molecule has 6 nitrogen and oxygen atoms in total. The largest absolute Gasteiger partial charge is 0.416 e. The van der Waals surface area contributed by atoms with Gasteiger partial charge in [0.1, 0.15) is 0 Å². The van der Waals surface area contributed by atoms with E-state index in [4.69, 9.17) is 5.26 Å². The van der Waals surface area contributed by atoms with Crippen molar-refractivity contribution in [1.29, 1.82) is 5.26 Å². The number of rotatable bonds is 6. The van der Waals surface area contributed by atoms with E-state index in [1.54, 1.807) is 42.6 Å². The summed E-state index contributed by atoms with van der Waals surface area (Å²) < 4.78 is 38.1. The van der Waals surface area contributed by atoms with E-state index in [2.05, 4.69) is 31.5 Å². The maximum Gasteiger partial charge on any atom is 0.416 e. The molecule has 9 heteroatoms. The first kappa shape index (κ1) is 26.1. The number of nitriles is 1. The predicted molar refractivity (Wildman–Crippen MR) is 149 cm³/mol. The molecule has 0 aliphatic carbocycles. The maximum absolute atomic E-state index is 12.7. The molecule has 0 amide bonds. The SMILES string of the molecule is N#Cc1ccc(/C=N/c2ccc(/N=N/c3ccc(/N=N/c4ccc(C(F)(F)F)cc4)cc3)c3ccccc23)cc1. The maximum atomic E-state index is 12.7. The van der Waals surface area contributed by atoms with Crippen molar-refractivity contribution < 1.29 is 13.2 Å². The third-order valence-electron chi connectivity index (χ3n) is 5.87. The molecule has 40 heavy (non-hydrogen) atoms. The second-order valence-corrected chi connectivity index (χ2v) is 8.60. The normalized spacial score (nSPS) is 12.1. The highest BCUT2D eigenvalue weighted by Gasteiger charge is 2.29. The molecular weight excluding hydrogens is 513 g/mol. The lowest BCUT2D eigenvalue weighted by atomic mass is 10.1. The number of nitrogens with zero attached hydrogens (tertiary/aromatic N) is 6. The van der Waals surface area contributed by atoms with Crippen molar-refractivity contribution in [3.63, 3.8) is 0 Å². The van der Waals surface area contributed by atoms with Crippen LogP contribution in [0.2, 0.25) is 0 Å². The Hall–Kier alpha value is -5.49. The number of fused-ring (bicyclic) bond motifs is 1. The molecule has 5 aromatic rings. The molecule has 0 saturated carbocycles. The summed E-state index contributed by atoms with van der Waals surface area (Å²) in [7, 11) is 0. The van der Waals surface area contributed by atoms with Gasteiger partial charge in [0.25, 0.3) is 0 Å². The number of aliphatic imine (C=N–C) groups is 1. The molecule has 5 rings (SSSR count). The lowest BCUT2D eigenvalue weighted by molar-refractivity contribution is -0.137. The number of alkyl halides is 3. The molecule has 0 aromatic heterocycles. The van der Waals surface area contributed by atoms with Gasteiger partial charge in [0.05, 0.1) is 45.6 Å². The number of hydrogen-bond donors (Lipinski definition) is 0. The minimum absolute atomic E-state index is 0.313. The molecule has 0 unspecified atom stereocenters. The minimum atomic E-state index is -4.39. The smallest absolute Gasteiger partial charge is 0.256 e. The number of hydrogen-bond acceptors (Lipinski definition) is 6. The van der Waals surface area contributed by atoms with Gasteiger partial charge >= 0.3 is 6.18 Å². The second kappa shape index (κ2) is 11.5. The standard InChI is InChI=1S/C31H19F3N6/c32-31(33,34)23-9-11-24(12-10-23)37-38-25-13-15-26(16-14-25)39-40-30-18-17-29(27-3-1-2-4-28(27)30)36-20-22-7-5-21(19-35)6-8-22/h1-18,20H/b36-20+,38-37+,40-39+. The highest BCUT2D eigenvalue weighted by Crippen LogP contribution is 2.35. The Kier molecular flexibility index (Phi) is 7.51. The van der Waals surface area contributed by atoms with Crippen molar-refractivity contribution >= 4 is 45.4 Å². The zero-order valence-corrected chi connectivity index (χ0v) is 20.8. The predicted octanol–water partition coefficient (Wildman–Crippen LogP) is 10.3. The van der Waals surface area contributed by atoms with Gasteiger partial charge in [0.2, 0.25) is 0 Å². The fourth-order valence-electron chi connectivity index (χ4n) is 3.78. The van der Waals surface area contributed by atoms with E-state index < -0.39 is 11.7 Å². The van der Waals surface area contributed by atoms with E-state index in [1.165, 1.54) is 12.1 Å². The molecule has 0 radical (unpaired) electrons. The molecule has 0 N–H and O–H groups in total.